The molecule has 0 N–H and O–H groups in total. The summed E-state index contributed by atoms with van der Waals surface area (Å²) in [4.78, 5) is 4.41. The summed E-state index contributed by atoms with van der Waals surface area (Å²) in [6.07, 6.45) is 1.98. The Bertz CT molecular complexity index is 383. The van der Waals surface area contributed by atoms with Crippen LogP contribution in [0.25, 0.3) is 10.1 Å². The predicted molar refractivity (Wildman–Crippen MR) is 59.2 cm³/mol. The zero-order valence-electron chi connectivity index (χ0n) is 6.90. The van der Waals surface area contributed by atoms with E-state index >= 15 is 0 Å². The van der Waals surface area contributed by atoms with E-state index in [2.05, 4.69) is 45.2 Å². The van der Waals surface area contributed by atoms with Gasteiger partial charge in [0, 0.05) is 0 Å². The molecule has 0 aliphatic heterocycles. The van der Waals surface area contributed by atoms with Gasteiger partial charge in [-0.2, -0.15) is 0 Å². The van der Waals surface area contributed by atoms with Crippen molar-refractivity contribution in [1.82, 2.24) is 4.98 Å². The van der Waals surface area contributed by atoms with Crippen LogP contribution in [0.1, 0.15) is 4.44 Å². The molecule has 0 amide bonds. The minimum absolute atomic E-state index is 0.421. The Morgan fingerprint density at radius 3 is 2.62 bits per heavy atom. The van der Waals surface area contributed by atoms with Crippen LogP contribution in [0, 0.1) is 0 Å². The molecule has 0 unspecified atom stereocenters. The molecule has 0 aliphatic rings. The quantitative estimate of drug-likeness (QED) is 0.614. The maximum atomic E-state index is 4.41. The fraction of sp³-hybridized carbons (Fsp3) is 0.100. The van der Waals surface area contributed by atoms with Gasteiger partial charge in [0.25, 0.3) is 0 Å². The normalized spacial score (nSPS) is 10.2. The molecule has 0 spiro atoms. The van der Waals surface area contributed by atoms with Crippen molar-refractivity contribution in [2.75, 3.05) is 0 Å². The average molecular weight is 301 g/mol. The van der Waals surface area contributed by atoms with Crippen molar-refractivity contribution in [2.24, 2.45) is 0 Å². The van der Waals surface area contributed by atoms with Gasteiger partial charge in [0.1, 0.15) is 0 Å². The summed E-state index contributed by atoms with van der Waals surface area (Å²) in [6.45, 7) is 0. The molecule has 0 saturated heterocycles. The van der Waals surface area contributed by atoms with Crippen LogP contribution in [-0.4, -0.2) is 19.5 Å². The summed E-state index contributed by atoms with van der Waals surface area (Å²) >= 11 is 3.87. The maximum absolute atomic E-state index is 4.41. The molecule has 0 aliphatic carbocycles. The fourth-order valence-corrected chi connectivity index (χ4v) is 3.43. The van der Waals surface area contributed by atoms with Crippen molar-refractivity contribution in [3.63, 3.8) is 0 Å². The molecule has 0 fully saturated rings. The van der Waals surface area contributed by atoms with E-state index in [0.717, 1.165) is 5.33 Å². The number of hydrogen-bond donors (Lipinski definition) is 0. The van der Waals surface area contributed by atoms with Crippen molar-refractivity contribution in [1.29, 1.82) is 0 Å². The van der Waals surface area contributed by atoms with E-state index in [-0.39, 0.29) is 0 Å². The zero-order valence-corrected chi connectivity index (χ0v) is 10.2. The molecule has 0 saturated carbocycles. The second-order valence-electron chi connectivity index (χ2n) is 2.63. The summed E-state index contributed by atoms with van der Waals surface area (Å²) in [5.74, 6) is 0. The first-order chi connectivity index (χ1) is 6.40. The van der Waals surface area contributed by atoms with E-state index < -0.39 is 0 Å². The fourth-order valence-electron chi connectivity index (χ4n) is 1.08. The molecule has 0 bridgehead atoms. The Hall–Kier alpha value is -0.371. The van der Waals surface area contributed by atoms with Gasteiger partial charge in [0.2, 0.25) is 0 Å². The molecule has 0 radical (unpaired) electrons. The Morgan fingerprint density at radius 1 is 1.23 bits per heavy atom. The van der Waals surface area contributed by atoms with Gasteiger partial charge in [-0.15, -0.1) is 0 Å². The number of nitrogens with zero attached hydrogens (tertiary/aromatic N) is 1. The number of alkyl halides is 1. The van der Waals surface area contributed by atoms with Gasteiger partial charge in [-0.25, -0.2) is 0 Å². The topological polar surface area (TPSA) is 12.9 Å². The summed E-state index contributed by atoms with van der Waals surface area (Å²) in [5, 5.41) is 0.951. The molecule has 1 aromatic carbocycles. The second kappa shape index (κ2) is 4.23. The van der Waals surface area contributed by atoms with Crippen molar-refractivity contribution in [3.8, 4) is 10.1 Å². The number of hydrogen-bond acceptors (Lipinski definition) is 1. The van der Waals surface area contributed by atoms with Gasteiger partial charge < -0.3 is 0 Å². The molecule has 1 aromatic heterocycles. The van der Waals surface area contributed by atoms with Crippen LogP contribution < -0.4 is 0 Å². The first kappa shape index (κ1) is 9.19. The van der Waals surface area contributed by atoms with Crippen molar-refractivity contribution in [2.45, 2.75) is 5.33 Å². The van der Waals surface area contributed by atoms with Crippen LogP contribution >= 0.6 is 15.9 Å². The van der Waals surface area contributed by atoms with Gasteiger partial charge in [-0.05, 0) is 0 Å². The standard InChI is InChI=1S/C10H8BrNSe/c11-6-9-7-12-10(13-9)8-4-2-1-3-5-8/h1-5,7H,6H2. The third-order valence-electron chi connectivity index (χ3n) is 1.71. The Labute approximate surface area is 91.7 Å². The summed E-state index contributed by atoms with van der Waals surface area (Å²) in [6, 6.07) is 10.4. The first-order valence-corrected chi connectivity index (χ1v) is 6.79. The molecule has 1 heterocycles. The molecule has 1 nitrogen and oxygen atoms in total. The van der Waals surface area contributed by atoms with Crippen LogP contribution in [0.3, 0.4) is 0 Å². The summed E-state index contributed by atoms with van der Waals surface area (Å²) in [7, 11) is 0. The Balaban J connectivity index is 2.36. The number of aromatic nitrogens is 1. The zero-order chi connectivity index (χ0) is 9.10. The average Bonchev–Trinajstić information content (AvgIpc) is 2.67. The molecular formula is C10H8BrNSe. The van der Waals surface area contributed by atoms with Gasteiger partial charge in [-0.1, -0.05) is 0 Å². The number of rotatable bonds is 2. The van der Waals surface area contributed by atoms with E-state index in [4.69, 9.17) is 0 Å². The van der Waals surface area contributed by atoms with Crippen LogP contribution in [0.4, 0.5) is 0 Å². The number of halogens is 1. The Kier molecular flexibility index (Phi) is 2.99. The molecule has 66 valence electrons. The molecular weight excluding hydrogens is 293 g/mol. The molecule has 3 heteroatoms. The van der Waals surface area contributed by atoms with Gasteiger partial charge >= 0.3 is 91.8 Å². The van der Waals surface area contributed by atoms with E-state index in [1.165, 1.54) is 14.6 Å². The van der Waals surface area contributed by atoms with Crippen LogP contribution in [0.2, 0.25) is 0 Å². The molecule has 13 heavy (non-hydrogen) atoms. The second-order valence-corrected chi connectivity index (χ2v) is 5.53. The summed E-state index contributed by atoms with van der Waals surface area (Å²) < 4.78 is 2.65. The molecule has 0 atom stereocenters. The molecule has 2 aromatic rings. The Morgan fingerprint density at radius 2 is 2.00 bits per heavy atom. The summed E-state index contributed by atoms with van der Waals surface area (Å²) in [5.41, 5.74) is 1.26. The van der Waals surface area contributed by atoms with Crippen LogP contribution in [0.5, 0.6) is 0 Å². The first-order valence-electron chi connectivity index (χ1n) is 3.96. The van der Waals surface area contributed by atoms with Gasteiger partial charge in [-0.3, -0.25) is 0 Å². The van der Waals surface area contributed by atoms with Crippen LogP contribution in [-0.2, 0) is 5.33 Å². The van der Waals surface area contributed by atoms with E-state index in [9.17, 15) is 0 Å². The number of benzene rings is 1. The molecule has 2 rings (SSSR count). The third kappa shape index (κ3) is 2.11. The van der Waals surface area contributed by atoms with Crippen molar-refractivity contribution >= 4 is 30.4 Å². The SMILES string of the molecule is BrCc1cnc(-c2ccccc2)[se]1. The third-order valence-corrected chi connectivity index (χ3v) is 5.34. The van der Waals surface area contributed by atoms with Gasteiger partial charge in [0.15, 0.2) is 0 Å². The predicted octanol–water partition coefficient (Wildman–Crippen LogP) is 2.70. The van der Waals surface area contributed by atoms with Gasteiger partial charge in [0.05, 0.1) is 0 Å². The monoisotopic (exact) mass is 301 g/mol. The van der Waals surface area contributed by atoms with E-state index in [1.807, 2.05) is 12.3 Å². The minimum atomic E-state index is 0.421. The van der Waals surface area contributed by atoms with E-state index in [0.29, 0.717) is 14.5 Å². The van der Waals surface area contributed by atoms with Crippen LogP contribution in [0.15, 0.2) is 36.5 Å². The van der Waals surface area contributed by atoms with Crippen molar-refractivity contribution in [3.05, 3.63) is 41.0 Å². The van der Waals surface area contributed by atoms with E-state index in [1.54, 1.807) is 0 Å². The van der Waals surface area contributed by atoms with Crippen molar-refractivity contribution < 1.29 is 0 Å².